The van der Waals surface area contributed by atoms with Gasteiger partial charge in [-0.25, -0.2) is 0 Å². The van der Waals surface area contributed by atoms with Crippen molar-refractivity contribution in [2.24, 2.45) is 11.8 Å². The van der Waals surface area contributed by atoms with E-state index in [0.717, 1.165) is 39.4 Å². The third-order valence-corrected chi connectivity index (χ3v) is 3.56. The van der Waals surface area contributed by atoms with Crippen molar-refractivity contribution >= 4 is 0 Å². The number of rotatable bonds is 7. The van der Waals surface area contributed by atoms with Crippen molar-refractivity contribution in [3.05, 3.63) is 0 Å². The van der Waals surface area contributed by atoms with Gasteiger partial charge in [0.05, 0.1) is 19.3 Å². The molecule has 2 atom stereocenters. The predicted molar refractivity (Wildman–Crippen MR) is 70.1 cm³/mol. The van der Waals surface area contributed by atoms with Gasteiger partial charge < -0.3 is 15.2 Å². The highest BCUT2D eigenvalue weighted by Crippen LogP contribution is 2.07. The Morgan fingerprint density at radius 2 is 1.82 bits per heavy atom. The summed E-state index contributed by atoms with van der Waals surface area (Å²) in [5.74, 6) is 1.35. The normalized spacial score (nSPS) is 21.7. The summed E-state index contributed by atoms with van der Waals surface area (Å²) < 4.78 is 5.28. The third kappa shape index (κ3) is 6.36. The summed E-state index contributed by atoms with van der Waals surface area (Å²) in [6, 6.07) is 0. The van der Waals surface area contributed by atoms with E-state index in [4.69, 9.17) is 4.74 Å². The lowest BCUT2D eigenvalue weighted by Crippen LogP contribution is -2.44. The highest BCUT2D eigenvalue weighted by atomic mass is 16.5. The van der Waals surface area contributed by atoms with Crippen molar-refractivity contribution in [1.29, 1.82) is 0 Å². The second-order valence-corrected chi connectivity index (χ2v) is 5.45. The van der Waals surface area contributed by atoms with Crippen LogP contribution in [0.4, 0.5) is 0 Å². The first kappa shape index (κ1) is 14.9. The summed E-state index contributed by atoms with van der Waals surface area (Å²) in [5.41, 5.74) is 0. The van der Waals surface area contributed by atoms with Crippen LogP contribution in [0.25, 0.3) is 0 Å². The number of nitrogens with one attached hydrogen (secondary N) is 1. The number of aliphatic hydroxyl groups is 1. The fourth-order valence-corrected chi connectivity index (χ4v) is 1.86. The first-order valence-electron chi connectivity index (χ1n) is 6.78. The second kappa shape index (κ2) is 8.03. The van der Waals surface area contributed by atoms with Crippen molar-refractivity contribution in [3.8, 4) is 0 Å². The molecule has 0 amide bonds. The third-order valence-electron chi connectivity index (χ3n) is 3.56. The van der Waals surface area contributed by atoms with E-state index in [9.17, 15) is 5.11 Å². The number of morpholine rings is 1. The SMILES string of the molecule is CC(C)C(C)CNCC(O)CN1CCOCC1. The van der Waals surface area contributed by atoms with E-state index in [0.29, 0.717) is 18.4 Å². The van der Waals surface area contributed by atoms with Crippen molar-refractivity contribution in [1.82, 2.24) is 10.2 Å². The summed E-state index contributed by atoms with van der Waals surface area (Å²) in [6.45, 7) is 12.6. The standard InChI is InChI=1S/C13H28N2O2/c1-11(2)12(3)8-14-9-13(16)10-15-4-6-17-7-5-15/h11-14,16H,4-10H2,1-3H3. The van der Waals surface area contributed by atoms with E-state index in [-0.39, 0.29) is 6.10 Å². The van der Waals surface area contributed by atoms with Gasteiger partial charge in [-0.1, -0.05) is 20.8 Å². The molecule has 1 aliphatic heterocycles. The Kier molecular flexibility index (Phi) is 7.04. The van der Waals surface area contributed by atoms with Crippen LogP contribution in [-0.4, -0.2) is 62.0 Å². The molecule has 1 rings (SSSR count). The number of nitrogens with zero attached hydrogens (tertiary/aromatic N) is 1. The van der Waals surface area contributed by atoms with Crippen LogP contribution in [0.5, 0.6) is 0 Å². The van der Waals surface area contributed by atoms with E-state index >= 15 is 0 Å². The molecule has 2 unspecified atom stereocenters. The van der Waals surface area contributed by atoms with Crippen LogP contribution >= 0.6 is 0 Å². The Hall–Kier alpha value is -0.160. The minimum Gasteiger partial charge on any atom is -0.390 e. The van der Waals surface area contributed by atoms with Crippen molar-refractivity contribution in [2.45, 2.75) is 26.9 Å². The zero-order valence-corrected chi connectivity index (χ0v) is 11.5. The number of hydrogen-bond donors (Lipinski definition) is 2. The Labute approximate surface area is 105 Å². The van der Waals surface area contributed by atoms with Gasteiger partial charge in [-0.05, 0) is 18.4 Å². The zero-order chi connectivity index (χ0) is 12.7. The topological polar surface area (TPSA) is 44.7 Å². The van der Waals surface area contributed by atoms with Gasteiger partial charge in [0.1, 0.15) is 0 Å². The molecule has 0 spiro atoms. The van der Waals surface area contributed by atoms with Gasteiger partial charge in [0.25, 0.3) is 0 Å². The van der Waals surface area contributed by atoms with Gasteiger partial charge >= 0.3 is 0 Å². The van der Waals surface area contributed by atoms with E-state index < -0.39 is 0 Å². The molecule has 0 aromatic carbocycles. The predicted octanol–water partition coefficient (Wildman–Crippen LogP) is 0.561. The molecule has 4 nitrogen and oxygen atoms in total. The van der Waals surface area contributed by atoms with Gasteiger partial charge in [-0.2, -0.15) is 0 Å². The lowest BCUT2D eigenvalue weighted by Gasteiger charge is -2.28. The summed E-state index contributed by atoms with van der Waals surface area (Å²) in [4.78, 5) is 2.27. The molecule has 0 saturated carbocycles. The first-order valence-corrected chi connectivity index (χ1v) is 6.78. The molecule has 1 saturated heterocycles. The van der Waals surface area contributed by atoms with Crippen molar-refractivity contribution in [2.75, 3.05) is 45.9 Å². The zero-order valence-electron chi connectivity index (χ0n) is 11.5. The lowest BCUT2D eigenvalue weighted by molar-refractivity contribution is 0.0148. The van der Waals surface area contributed by atoms with Crippen LogP contribution in [0, 0.1) is 11.8 Å². The van der Waals surface area contributed by atoms with E-state index in [1.165, 1.54) is 0 Å². The van der Waals surface area contributed by atoms with Crippen molar-refractivity contribution in [3.63, 3.8) is 0 Å². The molecule has 1 fully saturated rings. The molecule has 2 N–H and O–H groups in total. The molecular formula is C13H28N2O2. The molecule has 1 aliphatic rings. The molecule has 0 aliphatic carbocycles. The molecular weight excluding hydrogens is 216 g/mol. The molecule has 17 heavy (non-hydrogen) atoms. The highest BCUT2D eigenvalue weighted by molar-refractivity contribution is 4.70. The minimum absolute atomic E-state index is 0.271. The van der Waals surface area contributed by atoms with Crippen LogP contribution in [0.3, 0.4) is 0 Å². The fraction of sp³-hybridized carbons (Fsp3) is 1.00. The van der Waals surface area contributed by atoms with Gasteiger partial charge in [0.2, 0.25) is 0 Å². The smallest absolute Gasteiger partial charge is 0.0791 e. The monoisotopic (exact) mass is 244 g/mol. The van der Waals surface area contributed by atoms with Gasteiger partial charge in [0.15, 0.2) is 0 Å². The highest BCUT2D eigenvalue weighted by Gasteiger charge is 2.15. The average Bonchev–Trinajstić information content (AvgIpc) is 2.30. The lowest BCUT2D eigenvalue weighted by atomic mass is 9.98. The minimum atomic E-state index is -0.271. The van der Waals surface area contributed by atoms with Gasteiger partial charge in [-0.15, -0.1) is 0 Å². The number of aliphatic hydroxyl groups excluding tert-OH is 1. The van der Waals surface area contributed by atoms with Crippen LogP contribution in [0.15, 0.2) is 0 Å². The summed E-state index contributed by atoms with van der Waals surface area (Å²) in [5, 5.41) is 13.3. The Bertz CT molecular complexity index is 194. The first-order chi connectivity index (χ1) is 8.09. The van der Waals surface area contributed by atoms with Crippen LogP contribution < -0.4 is 5.32 Å². The largest absolute Gasteiger partial charge is 0.390 e. The molecule has 0 radical (unpaired) electrons. The molecule has 1 heterocycles. The molecule has 4 heteroatoms. The Balaban J connectivity index is 2.06. The maximum absolute atomic E-state index is 9.91. The van der Waals surface area contributed by atoms with E-state index in [1.807, 2.05) is 0 Å². The quantitative estimate of drug-likeness (QED) is 0.687. The number of β-amino-alcohol motifs (C(OH)–C–C–N with tert-alkyl or cyclic N) is 1. The Morgan fingerprint density at radius 3 is 2.41 bits per heavy atom. The Morgan fingerprint density at radius 1 is 1.18 bits per heavy atom. The maximum atomic E-state index is 9.91. The molecule has 0 aromatic rings. The van der Waals surface area contributed by atoms with Crippen LogP contribution in [0.2, 0.25) is 0 Å². The van der Waals surface area contributed by atoms with Crippen LogP contribution in [-0.2, 0) is 4.74 Å². The number of hydrogen-bond acceptors (Lipinski definition) is 4. The van der Waals surface area contributed by atoms with Gasteiger partial charge in [0, 0.05) is 26.2 Å². The summed E-state index contributed by atoms with van der Waals surface area (Å²) >= 11 is 0. The van der Waals surface area contributed by atoms with E-state index in [1.54, 1.807) is 0 Å². The summed E-state index contributed by atoms with van der Waals surface area (Å²) in [7, 11) is 0. The molecule has 0 bridgehead atoms. The van der Waals surface area contributed by atoms with E-state index in [2.05, 4.69) is 31.0 Å². The summed E-state index contributed by atoms with van der Waals surface area (Å²) in [6.07, 6.45) is -0.271. The van der Waals surface area contributed by atoms with Gasteiger partial charge in [-0.3, -0.25) is 4.90 Å². The average molecular weight is 244 g/mol. The maximum Gasteiger partial charge on any atom is 0.0791 e. The van der Waals surface area contributed by atoms with Crippen molar-refractivity contribution < 1.29 is 9.84 Å². The second-order valence-electron chi connectivity index (χ2n) is 5.45. The number of ether oxygens (including phenoxy) is 1. The molecule has 0 aromatic heterocycles. The molecule has 102 valence electrons. The van der Waals surface area contributed by atoms with Crippen LogP contribution in [0.1, 0.15) is 20.8 Å². The fourth-order valence-electron chi connectivity index (χ4n) is 1.86.